The fraction of sp³-hybridized carbons (Fsp3) is 0.308. The van der Waals surface area contributed by atoms with E-state index >= 15 is 0 Å². The zero-order valence-electron chi connectivity index (χ0n) is 10.8. The molecule has 2 N–H and O–H groups in total. The Kier molecular flexibility index (Phi) is 4.50. The number of hydrogen-bond acceptors (Lipinski definition) is 3. The van der Waals surface area contributed by atoms with Crippen molar-refractivity contribution < 1.29 is 4.74 Å². The number of ether oxygens (including phenoxy) is 1. The van der Waals surface area contributed by atoms with E-state index in [4.69, 9.17) is 22.1 Å². The molecule has 1 heterocycles. The zero-order chi connectivity index (χ0) is 14.0. The van der Waals surface area contributed by atoms with Gasteiger partial charge in [0.15, 0.2) is 0 Å². The smallest absolute Gasteiger partial charge is 0.138 e. The van der Waals surface area contributed by atoms with E-state index in [0.717, 1.165) is 27.0 Å². The highest BCUT2D eigenvalue weighted by atomic mass is 79.9. The highest BCUT2D eigenvalue weighted by molar-refractivity contribution is 9.10. The summed E-state index contributed by atoms with van der Waals surface area (Å²) in [4.78, 5) is 0. The maximum absolute atomic E-state index is 6.18. The lowest BCUT2D eigenvalue weighted by molar-refractivity contribution is 0.300. The predicted octanol–water partition coefficient (Wildman–Crippen LogP) is 3.18. The van der Waals surface area contributed by atoms with E-state index in [9.17, 15) is 0 Å². The normalized spacial score (nSPS) is 10.8. The molecule has 0 aliphatic rings. The monoisotopic (exact) mass is 343 g/mol. The highest BCUT2D eigenvalue weighted by Crippen LogP contribution is 2.30. The van der Waals surface area contributed by atoms with Gasteiger partial charge in [-0.2, -0.15) is 5.10 Å². The molecular formula is C13H15BrClN3O. The van der Waals surface area contributed by atoms with Crippen LogP contribution in [0.4, 0.5) is 0 Å². The van der Waals surface area contributed by atoms with Gasteiger partial charge in [-0.15, -0.1) is 0 Å². The maximum atomic E-state index is 6.18. The second kappa shape index (κ2) is 5.94. The molecule has 1 aromatic heterocycles. The van der Waals surface area contributed by atoms with Crippen LogP contribution in [0.1, 0.15) is 16.8 Å². The summed E-state index contributed by atoms with van der Waals surface area (Å²) >= 11 is 9.65. The van der Waals surface area contributed by atoms with E-state index in [1.165, 1.54) is 0 Å². The zero-order valence-corrected chi connectivity index (χ0v) is 13.1. The molecule has 0 aliphatic heterocycles. The van der Waals surface area contributed by atoms with Crippen LogP contribution in [-0.2, 0) is 20.2 Å². The van der Waals surface area contributed by atoms with Crippen molar-refractivity contribution in [2.45, 2.75) is 20.1 Å². The SMILES string of the molecule is Cc1nn(C)c(Cl)c1COc1c(Br)cccc1CN. The lowest BCUT2D eigenvalue weighted by Gasteiger charge is -2.12. The van der Waals surface area contributed by atoms with Crippen LogP contribution in [0, 0.1) is 6.92 Å². The second-order valence-corrected chi connectivity index (χ2v) is 5.41. The van der Waals surface area contributed by atoms with Crippen molar-refractivity contribution in [2.24, 2.45) is 12.8 Å². The molecule has 0 bridgehead atoms. The minimum atomic E-state index is 0.369. The molecule has 0 fully saturated rings. The summed E-state index contributed by atoms with van der Waals surface area (Å²) < 4.78 is 8.38. The first-order chi connectivity index (χ1) is 9.04. The van der Waals surface area contributed by atoms with E-state index < -0.39 is 0 Å². The summed E-state index contributed by atoms with van der Waals surface area (Å²) in [5.74, 6) is 0.754. The van der Waals surface area contributed by atoms with E-state index in [1.807, 2.05) is 32.2 Å². The molecule has 0 radical (unpaired) electrons. The number of hydrogen-bond donors (Lipinski definition) is 1. The lowest BCUT2D eigenvalue weighted by atomic mass is 10.2. The molecular weight excluding hydrogens is 330 g/mol. The standard InChI is InChI=1S/C13H15BrClN3O/c1-8-10(13(15)18(2)17-8)7-19-12-9(6-16)4-3-5-11(12)14/h3-5H,6-7,16H2,1-2H3. The first kappa shape index (κ1) is 14.4. The first-order valence-corrected chi connectivity index (χ1v) is 7.00. The fourth-order valence-electron chi connectivity index (χ4n) is 1.86. The molecule has 0 saturated carbocycles. The van der Waals surface area contributed by atoms with Gasteiger partial charge in [0, 0.05) is 24.7 Å². The number of aryl methyl sites for hydroxylation is 2. The Labute approximate surface area is 125 Å². The summed E-state index contributed by atoms with van der Waals surface area (Å²) in [5, 5.41) is 4.85. The van der Waals surface area contributed by atoms with Crippen molar-refractivity contribution in [2.75, 3.05) is 0 Å². The average molecular weight is 345 g/mol. The van der Waals surface area contributed by atoms with Crippen LogP contribution >= 0.6 is 27.5 Å². The van der Waals surface area contributed by atoms with Gasteiger partial charge in [-0.05, 0) is 28.9 Å². The van der Waals surface area contributed by atoms with Crippen molar-refractivity contribution in [1.82, 2.24) is 9.78 Å². The largest absolute Gasteiger partial charge is 0.487 e. The Morgan fingerprint density at radius 2 is 2.21 bits per heavy atom. The van der Waals surface area contributed by atoms with E-state index in [0.29, 0.717) is 18.3 Å². The Morgan fingerprint density at radius 3 is 2.79 bits per heavy atom. The maximum Gasteiger partial charge on any atom is 0.138 e. The third-order valence-corrected chi connectivity index (χ3v) is 4.00. The fourth-order valence-corrected chi connectivity index (χ4v) is 2.61. The third kappa shape index (κ3) is 2.94. The summed E-state index contributed by atoms with van der Waals surface area (Å²) in [7, 11) is 1.81. The van der Waals surface area contributed by atoms with Crippen LogP contribution in [0.15, 0.2) is 22.7 Å². The minimum Gasteiger partial charge on any atom is -0.487 e. The molecule has 0 amide bonds. The molecule has 0 saturated heterocycles. The number of nitrogens with zero attached hydrogens (tertiary/aromatic N) is 2. The quantitative estimate of drug-likeness (QED) is 0.927. The van der Waals surface area contributed by atoms with Crippen LogP contribution < -0.4 is 10.5 Å². The van der Waals surface area contributed by atoms with Crippen molar-refractivity contribution >= 4 is 27.5 Å². The second-order valence-electron chi connectivity index (χ2n) is 4.20. The number of para-hydroxylation sites is 1. The van der Waals surface area contributed by atoms with Crippen molar-refractivity contribution in [3.05, 3.63) is 44.6 Å². The summed E-state index contributed by atoms with van der Waals surface area (Å²) in [5.41, 5.74) is 8.42. The van der Waals surface area contributed by atoms with Crippen molar-refractivity contribution in [1.29, 1.82) is 0 Å². The van der Waals surface area contributed by atoms with Crippen LogP contribution in [0.5, 0.6) is 5.75 Å². The van der Waals surface area contributed by atoms with Gasteiger partial charge < -0.3 is 10.5 Å². The minimum absolute atomic E-state index is 0.369. The van der Waals surface area contributed by atoms with Gasteiger partial charge in [0.2, 0.25) is 0 Å². The average Bonchev–Trinajstić information content (AvgIpc) is 2.62. The number of nitrogens with two attached hydrogens (primary N) is 1. The Bertz CT molecular complexity index is 598. The Hall–Kier alpha value is -1.04. The number of aromatic nitrogens is 2. The van der Waals surface area contributed by atoms with Gasteiger partial charge >= 0.3 is 0 Å². The molecule has 102 valence electrons. The molecule has 2 aromatic rings. The summed E-state index contributed by atoms with van der Waals surface area (Å²) in [6.45, 7) is 2.71. The molecule has 1 aromatic carbocycles. The van der Waals surface area contributed by atoms with Crippen LogP contribution in [0.25, 0.3) is 0 Å². The molecule has 0 unspecified atom stereocenters. The number of halogens is 2. The summed E-state index contributed by atoms with van der Waals surface area (Å²) in [6.07, 6.45) is 0. The molecule has 6 heteroatoms. The number of benzene rings is 1. The first-order valence-electron chi connectivity index (χ1n) is 5.82. The molecule has 0 spiro atoms. The molecule has 0 aliphatic carbocycles. The van der Waals surface area contributed by atoms with Gasteiger partial charge in [-0.3, -0.25) is 4.68 Å². The molecule has 19 heavy (non-hydrogen) atoms. The van der Waals surface area contributed by atoms with E-state index in [-0.39, 0.29) is 0 Å². The summed E-state index contributed by atoms with van der Waals surface area (Å²) in [6, 6.07) is 5.80. The van der Waals surface area contributed by atoms with E-state index in [2.05, 4.69) is 21.0 Å². The van der Waals surface area contributed by atoms with Gasteiger partial charge in [-0.25, -0.2) is 0 Å². The Morgan fingerprint density at radius 1 is 1.47 bits per heavy atom. The van der Waals surface area contributed by atoms with Crippen LogP contribution in [0.2, 0.25) is 5.15 Å². The number of rotatable bonds is 4. The molecule has 2 rings (SSSR count). The van der Waals surface area contributed by atoms with Crippen LogP contribution in [-0.4, -0.2) is 9.78 Å². The predicted molar refractivity (Wildman–Crippen MR) is 79.3 cm³/mol. The lowest BCUT2D eigenvalue weighted by Crippen LogP contribution is -2.04. The highest BCUT2D eigenvalue weighted by Gasteiger charge is 2.13. The van der Waals surface area contributed by atoms with Crippen molar-refractivity contribution in [3.63, 3.8) is 0 Å². The molecule has 4 nitrogen and oxygen atoms in total. The van der Waals surface area contributed by atoms with Gasteiger partial charge in [-0.1, -0.05) is 23.7 Å². The Balaban J connectivity index is 2.24. The molecule has 0 atom stereocenters. The van der Waals surface area contributed by atoms with Gasteiger partial charge in [0.25, 0.3) is 0 Å². The topological polar surface area (TPSA) is 53.1 Å². The van der Waals surface area contributed by atoms with E-state index in [1.54, 1.807) is 4.68 Å². The third-order valence-electron chi connectivity index (χ3n) is 2.90. The van der Waals surface area contributed by atoms with Gasteiger partial charge in [0.05, 0.1) is 10.2 Å². The van der Waals surface area contributed by atoms with Crippen molar-refractivity contribution in [3.8, 4) is 5.75 Å². The van der Waals surface area contributed by atoms with Crippen LogP contribution in [0.3, 0.4) is 0 Å². The van der Waals surface area contributed by atoms with Gasteiger partial charge in [0.1, 0.15) is 17.5 Å².